The largest absolute Gasteiger partial charge is 0.376 e. The van der Waals surface area contributed by atoms with Crippen molar-refractivity contribution in [2.45, 2.75) is 45.9 Å². The zero-order chi connectivity index (χ0) is 25.5. The van der Waals surface area contributed by atoms with Crippen LogP contribution in [0.4, 0.5) is 0 Å². The van der Waals surface area contributed by atoms with E-state index in [1.807, 2.05) is 0 Å². The highest BCUT2D eigenvalue weighted by molar-refractivity contribution is 14.1. The predicted molar refractivity (Wildman–Crippen MR) is 155 cm³/mol. The highest BCUT2D eigenvalue weighted by Crippen LogP contribution is 2.22. The van der Waals surface area contributed by atoms with Crippen LogP contribution >= 0.6 is 22.6 Å². The quantitative estimate of drug-likeness (QED) is 0.133. The molecular formula is C27H39IO4Si2. The van der Waals surface area contributed by atoms with Crippen LogP contribution in [0.5, 0.6) is 0 Å². The summed E-state index contributed by atoms with van der Waals surface area (Å²) in [6.45, 7) is 16.3. The molecule has 4 nitrogen and oxygen atoms in total. The lowest BCUT2D eigenvalue weighted by Gasteiger charge is -2.32. The van der Waals surface area contributed by atoms with E-state index >= 15 is 0 Å². The molecule has 1 aromatic rings. The Labute approximate surface area is 223 Å². The number of halogens is 1. The molecule has 0 saturated heterocycles. The summed E-state index contributed by atoms with van der Waals surface area (Å²) in [5, 5.41) is 0. The van der Waals surface area contributed by atoms with Gasteiger partial charge in [0.2, 0.25) is 0 Å². The van der Waals surface area contributed by atoms with Gasteiger partial charge in [-0.2, -0.15) is 0 Å². The van der Waals surface area contributed by atoms with E-state index in [4.69, 9.17) is 25.4 Å². The second kappa shape index (κ2) is 15.8. The fourth-order valence-electron chi connectivity index (χ4n) is 2.78. The molecule has 0 atom stereocenters. The van der Waals surface area contributed by atoms with Gasteiger partial charge in [-0.05, 0) is 40.3 Å². The van der Waals surface area contributed by atoms with Gasteiger partial charge >= 0.3 is 0 Å². The van der Waals surface area contributed by atoms with Crippen LogP contribution in [-0.2, 0) is 25.6 Å². The second-order valence-corrected chi connectivity index (χ2v) is 21.2. The molecule has 0 N–H and O–H groups in total. The number of terminal acetylenes is 1. The Balaban J connectivity index is 2.88. The lowest BCUT2D eigenvalue weighted by atomic mass is 9.92. The van der Waals surface area contributed by atoms with Crippen molar-refractivity contribution < 1.29 is 18.9 Å². The fourth-order valence-corrected chi connectivity index (χ4v) is 4.35. The number of hydrogen-bond donors (Lipinski definition) is 0. The molecule has 0 aliphatic rings. The summed E-state index contributed by atoms with van der Waals surface area (Å²) in [6.07, 6.45) is 5.41. The van der Waals surface area contributed by atoms with E-state index in [1.165, 1.54) is 3.57 Å². The molecule has 0 fully saturated rings. The average molecular weight is 611 g/mol. The van der Waals surface area contributed by atoms with Gasteiger partial charge in [0.05, 0.1) is 38.4 Å². The van der Waals surface area contributed by atoms with Crippen LogP contribution in [0.25, 0.3) is 0 Å². The maximum absolute atomic E-state index is 6.13. The van der Waals surface area contributed by atoms with E-state index < -0.39 is 21.6 Å². The molecule has 0 unspecified atom stereocenters. The molecule has 0 bridgehead atoms. The van der Waals surface area contributed by atoms with E-state index in [0.29, 0.717) is 46.2 Å². The molecule has 0 heterocycles. The van der Waals surface area contributed by atoms with Crippen LogP contribution in [-0.4, -0.2) is 62.4 Å². The SMILES string of the molecule is C#CCOCC(COCC#C[Si](C)(C)C)(COCC#C[Si](C)(C)C)COCc1ccc(I)cc1. The van der Waals surface area contributed by atoms with Crippen molar-refractivity contribution in [3.8, 4) is 35.3 Å². The van der Waals surface area contributed by atoms with Crippen molar-refractivity contribution in [3.63, 3.8) is 0 Å². The topological polar surface area (TPSA) is 36.9 Å². The third-order valence-electron chi connectivity index (χ3n) is 4.28. The summed E-state index contributed by atoms with van der Waals surface area (Å²) in [6, 6.07) is 8.29. The van der Waals surface area contributed by atoms with Gasteiger partial charge in [-0.25, -0.2) is 0 Å². The lowest BCUT2D eigenvalue weighted by molar-refractivity contribution is -0.0989. The molecule has 186 valence electrons. The van der Waals surface area contributed by atoms with Gasteiger partial charge in [0.15, 0.2) is 0 Å². The van der Waals surface area contributed by atoms with Crippen LogP contribution in [0.2, 0.25) is 39.3 Å². The summed E-state index contributed by atoms with van der Waals surface area (Å²) in [7, 11) is -2.87. The van der Waals surface area contributed by atoms with Crippen molar-refractivity contribution in [1.82, 2.24) is 0 Å². The summed E-state index contributed by atoms with van der Waals surface area (Å²) in [4.78, 5) is 0. The molecule has 1 aromatic carbocycles. The zero-order valence-corrected chi connectivity index (χ0v) is 25.7. The second-order valence-electron chi connectivity index (χ2n) is 10.4. The van der Waals surface area contributed by atoms with Gasteiger partial charge in [0, 0.05) is 3.57 Å². The number of rotatable bonds is 13. The molecule has 34 heavy (non-hydrogen) atoms. The van der Waals surface area contributed by atoms with Crippen LogP contribution in [0, 0.1) is 44.3 Å². The third-order valence-corrected chi connectivity index (χ3v) is 6.85. The van der Waals surface area contributed by atoms with E-state index in [0.717, 1.165) is 5.56 Å². The predicted octanol–water partition coefficient (Wildman–Crippen LogP) is 5.24. The number of hydrogen-bond acceptors (Lipinski definition) is 4. The smallest absolute Gasteiger partial charge is 0.129 e. The van der Waals surface area contributed by atoms with Crippen molar-refractivity contribution in [1.29, 1.82) is 0 Å². The maximum Gasteiger partial charge on any atom is 0.129 e. The van der Waals surface area contributed by atoms with Gasteiger partial charge in [0.1, 0.15) is 36.0 Å². The number of ether oxygens (including phenoxy) is 4. The standard InChI is InChI=1S/C27H39IO4Si2/c1-8-15-29-21-27(22-30-16-9-18-33(2,3)4,23-31-17-10-19-34(5,6)7)24-32-20-25-11-13-26(28)14-12-25/h1,11-14H,15-17,20-24H2,2-7H3. The van der Waals surface area contributed by atoms with E-state index in [-0.39, 0.29) is 6.61 Å². The fraction of sp³-hybridized carbons (Fsp3) is 0.556. The molecule has 0 aliphatic heterocycles. The highest BCUT2D eigenvalue weighted by Gasteiger charge is 2.32. The Morgan fingerprint density at radius 2 is 1.18 bits per heavy atom. The van der Waals surface area contributed by atoms with Crippen LogP contribution in [0.15, 0.2) is 24.3 Å². The monoisotopic (exact) mass is 610 g/mol. The van der Waals surface area contributed by atoms with Crippen molar-refractivity contribution in [2.24, 2.45) is 5.41 Å². The molecular weight excluding hydrogens is 571 g/mol. The first kappa shape index (κ1) is 30.9. The maximum atomic E-state index is 6.13. The molecule has 0 amide bonds. The van der Waals surface area contributed by atoms with E-state index in [9.17, 15) is 0 Å². The molecule has 0 spiro atoms. The van der Waals surface area contributed by atoms with Crippen molar-refractivity contribution >= 4 is 38.7 Å². The minimum atomic E-state index is -1.44. The average Bonchev–Trinajstić information content (AvgIpc) is 2.73. The Hall–Kier alpha value is -1.10. The van der Waals surface area contributed by atoms with E-state index in [1.54, 1.807) is 0 Å². The normalized spacial score (nSPS) is 11.7. The highest BCUT2D eigenvalue weighted by atomic mass is 127. The van der Waals surface area contributed by atoms with Gasteiger partial charge < -0.3 is 18.9 Å². The molecule has 0 aromatic heterocycles. The molecule has 0 saturated carbocycles. The van der Waals surface area contributed by atoms with Crippen molar-refractivity contribution in [3.05, 3.63) is 33.4 Å². The Bertz CT molecular complexity index is 850. The van der Waals surface area contributed by atoms with Crippen LogP contribution in [0.3, 0.4) is 0 Å². The van der Waals surface area contributed by atoms with Crippen molar-refractivity contribution in [2.75, 3.05) is 46.2 Å². The van der Waals surface area contributed by atoms with Crippen LogP contribution < -0.4 is 0 Å². The Kier molecular flexibility index (Phi) is 14.4. The minimum Gasteiger partial charge on any atom is -0.376 e. The molecule has 7 heteroatoms. The first-order chi connectivity index (χ1) is 15.9. The summed E-state index contributed by atoms with van der Waals surface area (Å²) in [5.41, 5.74) is 7.27. The van der Waals surface area contributed by atoms with Gasteiger partial charge in [-0.15, -0.1) is 17.5 Å². The first-order valence-corrected chi connectivity index (χ1v) is 19.5. The molecule has 1 rings (SSSR count). The summed E-state index contributed by atoms with van der Waals surface area (Å²) in [5.74, 6) is 8.86. The van der Waals surface area contributed by atoms with Gasteiger partial charge in [0.25, 0.3) is 0 Å². The summed E-state index contributed by atoms with van der Waals surface area (Å²) < 4.78 is 25.0. The zero-order valence-electron chi connectivity index (χ0n) is 21.6. The Morgan fingerprint density at radius 1 is 0.735 bits per heavy atom. The van der Waals surface area contributed by atoms with E-state index in [2.05, 4.69) is 115 Å². The van der Waals surface area contributed by atoms with Crippen LogP contribution in [0.1, 0.15) is 5.56 Å². The van der Waals surface area contributed by atoms with Gasteiger partial charge in [-0.3, -0.25) is 0 Å². The molecule has 0 aliphatic carbocycles. The third kappa shape index (κ3) is 15.7. The Morgan fingerprint density at radius 3 is 1.62 bits per heavy atom. The minimum absolute atomic E-state index is 0.226. The first-order valence-electron chi connectivity index (χ1n) is 11.4. The van der Waals surface area contributed by atoms with Gasteiger partial charge in [-0.1, -0.05) is 69.2 Å². The molecule has 0 radical (unpaired) electrons. The number of benzene rings is 1. The lowest BCUT2D eigenvalue weighted by Crippen LogP contribution is -2.42. The summed E-state index contributed by atoms with van der Waals surface area (Å²) >= 11 is 2.30.